The third kappa shape index (κ3) is 5.01. The van der Waals surface area contributed by atoms with Gasteiger partial charge in [0.1, 0.15) is 5.76 Å². The van der Waals surface area contributed by atoms with Gasteiger partial charge in [0, 0.05) is 15.6 Å². The van der Waals surface area contributed by atoms with Gasteiger partial charge in [-0.2, -0.15) is 0 Å². The Hall–Kier alpha value is -1.98. The number of hydrogen-bond acceptors (Lipinski definition) is 4. The first kappa shape index (κ1) is 17.4. The highest BCUT2D eigenvalue weighted by Gasteiger charge is 2.15. The lowest BCUT2D eigenvalue weighted by Crippen LogP contribution is -2.31. The predicted octanol–water partition coefficient (Wildman–Crippen LogP) is 3.55. The van der Waals surface area contributed by atoms with Crippen molar-refractivity contribution < 1.29 is 18.7 Å². The standard InChI is InChI=1S/C16H15Cl2NO4/c1-10(14-6-3-7-22-14)19-15(20)9-23-16(21)8-11-12(17)4-2-5-13(11)18/h2-7,10H,8-9H2,1H3,(H,19,20)/t10-/m1/s1. The summed E-state index contributed by atoms with van der Waals surface area (Å²) >= 11 is 12.0. The predicted molar refractivity (Wildman–Crippen MR) is 86.4 cm³/mol. The molecule has 1 aromatic carbocycles. The summed E-state index contributed by atoms with van der Waals surface area (Å²) in [5.74, 6) is -0.388. The summed E-state index contributed by atoms with van der Waals surface area (Å²) in [5, 5.41) is 3.42. The van der Waals surface area contributed by atoms with Crippen LogP contribution in [0.4, 0.5) is 0 Å². The fourth-order valence-electron chi connectivity index (χ4n) is 1.93. The third-order valence-electron chi connectivity index (χ3n) is 3.09. The van der Waals surface area contributed by atoms with E-state index in [0.29, 0.717) is 21.4 Å². The number of furan rings is 1. The number of carbonyl (C=O) groups excluding carboxylic acids is 2. The van der Waals surface area contributed by atoms with Crippen LogP contribution in [-0.2, 0) is 20.7 Å². The van der Waals surface area contributed by atoms with Gasteiger partial charge >= 0.3 is 5.97 Å². The molecule has 0 unspecified atom stereocenters. The van der Waals surface area contributed by atoms with E-state index < -0.39 is 11.9 Å². The van der Waals surface area contributed by atoms with Crippen molar-refractivity contribution in [3.63, 3.8) is 0 Å². The third-order valence-corrected chi connectivity index (χ3v) is 3.80. The first-order chi connectivity index (χ1) is 11.0. The summed E-state index contributed by atoms with van der Waals surface area (Å²) in [7, 11) is 0. The van der Waals surface area contributed by atoms with Gasteiger partial charge in [-0.05, 0) is 31.2 Å². The molecule has 0 aliphatic carbocycles. The monoisotopic (exact) mass is 355 g/mol. The van der Waals surface area contributed by atoms with Crippen LogP contribution in [-0.4, -0.2) is 18.5 Å². The van der Waals surface area contributed by atoms with Gasteiger partial charge in [0.05, 0.1) is 18.7 Å². The number of benzene rings is 1. The van der Waals surface area contributed by atoms with Crippen molar-refractivity contribution in [2.75, 3.05) is 6.61 Å². The molecule has 1 amide bonds. The van der Waals surface area contributed by atoms with E-state index in [1.165, 1.54) is 6.26 Å². The number of hydrogen-bond donors (Lipinski definition) is 1. The number of ether oxygens (including phenoxy) is 1. The number of carbonyl (C=O) groups is 2. The number of halogens is 2. The molecule has 0 aliphatic rings. The highest BCUT2D eigenvalue weighted by molar-refractivity contribution is 6.36. The quantitative estimate of drug-likeness (QED) is 0.804. The maximum atomic E-state index is 11.8. The normalized spacial score (nSPS) is 11.8. The Morgan fingerprint density at radius 3 is 2.52 bits per heavy atom. The molecular weight excluding hydrogens is 341 g/mol. The molecule has 0 bridgehead atoms. The Morgan fingerprint density at radius 2 is 1.91 bits per heavy atom. The minimum Gasteiger partial charge on any atom is -0.467 e. The van der Waals surface area contributed by atoms with Gasteiger partial charge in [-0.25, -0.2) is 0 Å². The fourth-order valence-corrected chi connectivity index (χ4v) is 2.47. The van der Waals surface area contributed by atoms with Crippen LogP contribution in [0.25, 0.3) is 0 Å². The molecule has 1 aromatic heterocycles. The van der Waals surface area contributed by atoms with Crippen LogP contribution in [0.5, 0.6) is 0 Å². The molecule has 1 atom stereocenters. The molecule has 0 fully saturated rings. The van der Waals surface area contributed by atoms with Gasteiger partial charge in [0.2, 0.25) is 0 Å². The SMILES string of the molecule is C[C@@H](NC(=O)COC(=O)Cc1c(Cl)cccc1Cl)c1ccco1. The van der Waals surface area contributed by atoms with E-state index in [1.807, 2.05) is 0 Å². The average Bonchev–Trinajstić information content (AvgIpc) is 3.03. The second kappa shape index (κ2) is 8.04. The van der Waals surface area contributed by atoms with Crippen molar-refractivity contribution in [1.29, 1.82) is 0 Å². The highest BCUT2D eigenvalue weighted by atomic mass is 35.5. The molecule has 7 heteroatoms. The highest BCUT2D eigenvalue weighted by Crippen LogP contribution is 2.24. The fraction of sp³-hybridized carbons (Fsp3) is 0.250. The van der Waals surface area contributed by atoms with Crippen LogP contribution in [0.2, 0.25) is 10.0 Å². The molecule has 2 aromatic rings. The van der Waals surface area contributed by atoms with Crippen LogP contribution in [0.3, 0.4) is 0 Å². The number of amides is 1. The molecule has 1 N–H and O–H groups in total. The van der Waals surface area contributed by atoms with Gasteiger partial charge in [-0.15, -0.1) is 0 Å². The summed E-state index contributed by atoms with van der Waals surface area (Å²) in [6, 6.07) is 8.11. The zero-order valence-corrected chi connectivity index (χ0v) is 13.9. The van der Waals surface area contributed by atoms with Gasteiger partial charge in [0.25, 0.3) is 5.91 Å². The van der Waals surface area contributed by atoms with E-state index in [0.717, 1.165) is 0 Å². The van der Waals surface area contributed by atoms with Crippen molar-refractivity contribution >= 4 is 35.1 Å². The molecule has 1 heterocycles. The number of nitrogens with one attached hydrogen (secondary N) is 1. The summed E-state index contributed by atoms with van der Waals surface area (Å²) < 4.78 is 10.1. The molecule has 23 heavy (non-hydrogen) atoms. The Balaban J connectivity index is 1.81. The van der Waals surface area contributed by atoms with Crippen molar-refractivity contribution in [2.24, 2.45) is 0 Å². The molecule has 0 saturated carbocycles. The first-order valence-electron chi connectivity index (χ1n) is 6.88. The summed E-state index contributed by atoms with van der Waals surface area (Å²) in [6.07, 6.45) is 1.42. The molecule has 122 valence electrons. The van der Waals surface area contributed by atoms with Crippen molar-refractivity contribution in [1.82, 2.24) is 5.32 Å². The Kier molecular flexibility index (Phi) is 6.07. The van der Waals surface area contributed by atoms with Gasteiger partial charge in [-0.1, -0.05) is 29.3 Å². The minimum atomic E-state index is -0.583. The molecule has 0 aliphatic heterocycles. The molecule has 0 saturated heterocycles. The van der Waals surface area contributed by atoms with Gasteiger partial charge < -0.3 is 14.5 Å². The lowest BCUT2D eigenvalue weighted by atomic mass is 10.1. The Labute approximate surface area is 143 Å². The van der Waals surface area contributed by atoms with Crippen LogP contribution in [0.1, 0.15) is 24.3 Å². The summed E-state index contributed by atoms with van der Waals surface area (Å²) in [5.41, 5.74) is 0.477. The molecule has 2 rings (SSSR count). The van der Waals surface area contributed by atoms with Crippen molar-refractivity contribution in [2.45, 2.75) is 19.4 Å². The van der Waals surface area contributed by atoms with Crippen LogP contribution in [0.15, 0.2) is 41.0 Å². The van der Waals surface area contributed by atoms with Crippen molar-refractivity contribution in [3.05, 3.63) is 58.0 Å². The van der Waals surface area contributed by atoms with E-state index in [2.05, 4.69) is 5.32 Å². The molecular formula is C16H15Cl2NO4. The lowest BCUT2D eigenvalue weighted by Gasteiger charge is -2.12. The molecule has 0 radical (unpaired) electrons. The van der Waals surface area contributed by atoms with E-state index in [9.17, 15) is 9.59 Å². The zero-order chi connectivity index (χ0) is 16.8. The Morgan fingerprint density at radius 1 is 1.22 bits per heavy atom. The lowest BCUT2D eigenvalue weighted by molar-refractivity contribution is -0.148. The van der Waals surface area contributed by atoms with E-state index in [-0.39, 0.29) is 19.1 Å². The van der Waals surface area contributed by atoms with Crippen LogP contribution < -0.4 is 5.32 Å². The topological polar surface area (TPSA) is 68.5 Å². The second-order valence-electron chi connectivity index (χ2n) is 4.84. The largest absolute Gasteiger partial charge is 0.467 e. The zero-order valence-electron chi connectivity index (χ0n) is 12.3. The van der Waals surface area contributed by atoms with Crippen LogP contribution in [0, 0.1) is 0 Å². The number of esters is 1. The minimum absolute atomic E-state index is 0.0977. The molecule has 5 nitrogen and oxygen atoms in total. The summed E-state index contributed by atoms with van der Waals surface area (Å²) in [4.78, 5) is 23.6. The van der Waals surface area contributed by atoms with Crippen LogP contribution >= 0.6 is 23.2 Å². The first-order valence-corrected chi connectivity index (χ1v) is 7.64. The van der Waals surface area contributed by atoms with Gasteiger partial charge in [-0.3, -0.25) is 9.59 Å². The van der Waals surface area contributed by atoms with E-state index in [1.54, 1.807) is 37.3 Å². The Bertz CT molecular complexity index is 665. The smallest absolute Gasteiger partial charge is 0.310 e. The van der Waals surface area contributed by atoms with E-state index >= 15 is 0 Å². The second-order valence-corrected chi connectivity index (χ2v) is 5.66. The maximum Gasteiger partial charge on any atom is 0.310 e. The molecule has 0 spiro atoms. The summed E-state index contributed by atoms with van der Waals surface area (Å²) in [6.45, 7) is 1.38. The van der Waals surface area contributed by atoms with Gasteiger partial charge in [0.15, 0.2) is 6.61 Å². The average molecular weight is 356 g/mol. The van der Waals surface area contributed by atoms with Crippen molar-refractivity contribution in [3.8, 4) is 0 Å². The maximum absolute atomic E-state index is 11.8. The number of rotatable bonds is 6. The van der Waals surface area contributed by atoms with E-state index in [4.69, 9.17) is 32.4 Å².